The maximum absolute atomic E-state index is 12.7. The normalized spacial score (nSPS) is 22.3. The van der Waals surface area contributed by atoms with Gasteiger partial charge in [-0.1, -0.05) is 29.8 Å². The summed E-state index contributed by atoms with van der Waals surface area (Å²) in [7, 11) is 1.89. The molecule has 1 saturated carbocycles. The van der Waals surface area contributed by atoms with Crippen molar-refractivity contribution in [3.63, 3.8) is 0 Å². The highest BCUT2D eigenvalue weighted by molar-refractivity contribution is 5.89. The topological polar surface area (TPSA) is 40.6 Å². The zero-order valence-electron chi connectivity index (χ0n) is 14.3. The van der Waals surface area contributed by atoms with Gasteiger partial charge in [-0.3, -0.25) is 9.59 Å². The van der Waals surface area contributed by atoms with Crippen molar-refractivity contribution in [2.75, 3.05) is 13.6 Å². The van der Waals surface area contributed by atoms with E-state index in [0.717, 1.165) is 5.56 Å². The minimum Gasteiger partial charge on any atom is -0.342 e. The molecule has 0 spiro atoms. The minimum atomic E-state index is -0.181. The summed E-state index contributed by atoms with van der Waals surface area (Å²) in [6, 6.07) is 8.52. The van der Waals surface area contributed by atoms with E-state index in [9.17, 15) is 9.59 Å². The second-order valence-electron chi connectivity index (χ2n) is 7.19. The molecule has 0 radical (unpaired) electrons. The molecular weight excluding hydrogens is 288 g/mol. The Kier molecular flexibility index (Phi) is 4.42. The standard InChI is InChI=1S/C19H26N2O2/c1-13-4-6-15(7-5-13)11-21-12-17(10-18(21)22)19(23)20(3)14(2)16-8-9-16/h4-7,14,16-17H,8-12H2,1-3H3. The van der Waals surface area contributed by atoms with Gasteiger partial charge in [0.1, 0.15) is 0 Å². The lowest BCUT2D eigenvalue weighted by Crippen LogP contribution is -2.41. The van der Waals surface area contributed by atoms with E-state index < -0.39 is 0 Å². The van der Waals surface area contributed by atoms with Gasteiger partial charge in [0.15, 0.2) is 0 Å². The highest BCUT2D eigenvalue weighted by atomic mass is 16.2. The van der Waals surface area contributed by atoms with Gasteiger partial charge in [-0.25, -0.2) is 0 Å². The number of rotatable bonds is 5. The summed E-state index contributed by atoms with van der Waals surface area (Å²) < 4.78 is 0. The molecule has 2 aliphatic rings. The number of carbonyl (C=O) groups is 2. The van der Waals surface area contributed by atoms with E-state index in [2.05, 4.69) is 38.1 Å². The second kappa shape index (κ2) is 6.34. The van der Waals surface area contributed by atoms with Crippen LogP contribution in [0, 0.1) is 18.8 Å². The van der Waals surface area contributed by atoms with Crippen molar-refractivity contribution in [2.24, 2.45) is 11.8 Å². The van der Waals surface area contributed by atoms with Gasteiger partial charge in [-0.2, -0.15) is 0 Å². The van der Waals surface area contributed by atoms with Gasteiger partial charge in [0.05, 0.1) is 5.92 Å². The van der Waals surface area contributed by atoms with Crippen molar-refractivity contribution < 1.29 is 9.59 Å². The van der Waals surface area contributed by atoms with Crippen molar-refractivity contribution in [1.82, 2.24) is 9.80 Å². The molecule has 4 heteroatoms. The molecule has 2 unspecified atom stereocenters. The minimum absolute atomic E-state index is 0.0939. The van der Waals surface area contributed by atoms with Crippen LogP contribution in [0.25, 0.3) is 0 Å². The average molecular weight is 314 g/mol. The third kappa shape index (κ3) is 3.57. The van der Waals surface area contributed by atoms with Crippen LogP contribution in [0.2, 0.25) is 0 Å². The third-order valence-electron chi connectivity index (χ3n) is 5.32. The van der Waals surface area contributed by atoms with Gasteiger partial charge in [0.25, 0.3) is 0 Å². The quantitative estimate of drug-likeness (QED) is 0.838. The van der Waals surface area contributed by atoms with Crippen molar-refractivity contribution in [2.45, 2.75) is 45.7 Å². The van der Waals surface area contributed by atoms with Crippen LogP contribution in [0.3, 0.4) is 0 Å². The van der Waals surface area contributed by atoms with Crippen molar-refractivity contribution in [1.29, 1.82) is 0 Å². The lowest BCUT2D eigenvalue weighted by Gasteiger charge is -2.27. The predicted octanol–water partition coefficient (Wildman–Crippen LogP) is 2.60. The maximum atomic E-state index is 12.7. The Morgan fingerprint density at radius 1 is 1.30 bits per heavy atom. The number of hydrogen-bond acceptors (Lipinski definition) is 2. The molecule has 2 amide bonds. The molecule has 124 valence electrons. The maximum Gasteiger partial charge on any atom is 0.227 e. The predicted molar refractivity (Wildman–Crippen MR) is 89.7 cm³/mol. The van der Waals surface area contributed by atoms with Gasteiger partial charge in [-0.15, -0.1) is 0 Å². The number of aryl methyl sites for hydroxylation is 1. The SMILES string of the molecule is Cc1ccc(CN2CC(C(=O)N(C)C(C)C3CC3)CC2=O)cc1. The molecule has 1 aliphatic heterocycles. The molecule has 0 aromatic heterocycles. The Morgan fingerprint density at radius 2 is 1.96 bits per heavy atom. The Labute approximate surface area is 138 Å². The van der Waals surface area contributed by atoms with Crippen LogP contribution in [-0.2, 0) is 16.1 Å². The van der Waals surface area contributed by atoms with Gasteiger partial charge < -0.3 is 9.80 Å². The zero-order chi connectivity index (χ0) is 16.6. The molecule has 2 fully saturated rings. The fraction of sp³-hybridized carbons (Fsp3) is 0.579. The molecule has 1 heterocycles. The van der Waals surface area contributed by atoms with Crippen LogP contribution in [0.15, 0.2) is 24.3 Å². The molecule has 0 N–H and O–H groups in total. The highest BCUT2D eigenvalue weighted by Crippen LogP contribution is 2.35. The van der Waals surface area contributed by atoms with E-state index in [4.69, 9.17) is 0 Å². The molecule has 1 aromatic rings. The van der Waals surface area contributed by atoms with Gasteiger partial charge in [-0.05, 0) is 38.2 Å². The Balaban J connectivity index is 1.60. The number of likely N-dealkylation sites (tertiary alicyclic amines) is 1. The first-order chi connectivity index (χ1) is 11.0. The molecule has 0 bridgehead atoms. The second-order valence-corrected chi connectivity index (χ2v) is 7.19. The summed E-state index contributed by atoms with van der Waals surface area (Å²) >= 11 is 0. The zero-order valence-corrected chi connectivity index (χ0v) is 14.3. The first kappa shape index (κ1) is 16.0. The van der Waals surface area contributed by atoms with Crippen LogP contribution in [-0.4, -0.2) is 41.2 Å². The molecule has 1 aliphatic carbocycles. The summed E-state index contributed by atoms with van der Waals surface area (Å²) in [6.07, 6.45) is 2.80. The smallest absolute Gasteiger partial charge is 0.227 e. The molecule has 4 nitrogen and oxygen atoms in total. The van der Waals surface area contributed by atoms with E-state index in [0.29, 0.717) is 31.5 Å². The number of carbonyl (C=O) groups excluding carboxylic acids is 2. The lowest BCUT2D eigenvalue weighted by atomic mass is 10.1. The molecule has 23 heavy (non-hydrogen) atoms. The Morgan fingerprint density at radius 3 is 2.57 bits per heavy atom. The molecule has 1 saturated heterocycles. The van der Waals surface area contributed by atoms with Crippen LogP contribution >= 0.6 is 0 Å². The van der Waals surface area contributed by atoms with Crippen LogP contribution in [0.1, 0.15) is 37.3 Å². The van der Waals surface area contributed by atoms with E-state index >= 15 is 0 Å². The van der Waals surface area contributed by atoms with Crippen molar-refractivity contribution >= 4 is 11.8 Å². The van der Waals surface area contributed by atoms with Crippen LogP contribution < -0.4 is 0 Å². The van der Waals surface area contributed by atoms with E-state index in [1.54, 1.807) is 0 Å². The number of nitrogens with zero attached hydrogens (tertiary/aromatic N) is 2. The fourth-order valence-electron chi connectivity index (χ4n) is 3.39. The third-order valence-corrected chi connectivity index (χ3v) is 5.32. The summed E-state index contributed by atoms with van der Waals surface area (Å²) in [6.45, 7) is 5.32. The van der Waals surface area contributed by atoms with E-state index in [1.807, 2.05) is 16.8 Å². The monoisotopic (exact) mass is 314 g/mol. The van der Waals surface area contributed by atoms with E-state index in [1.165, 1.54) is 18.4 Å². The number of hydrogen-bond donors (Lipinski definition) is 0. The first-order valence-electron chi connectivity index (χ1n) is 8.55. The summed E-state index contributed by atoms with van der Waals surface area (Å²) in [4.78, 5) is 28.6. The number of amides is 2. The fourth-order valence-corrected chi connectivity index (χ4v) is 3.39. The average Bonchev–Trinajstić information content (AvgIpc) is 3.32. The molecule has 2 atom stereocenters. The van der Waals surface area contributed by atoms with Gasteiger partial charge in [0.2, 0.25) is 11.8 Å². The largest absolute Gasteiger partial charge is 0.342 e. The van der Waals surface area contributed by atoms with Crippen molar-refractivity contribution in [3.8, 4) is 0 Å². The molecular formula is C19H26N2O2. The number of benzene rings is 1. The summed E-state index contributed by atoms with van der Waals surface area (Å²) in [5.41, 5.74) is 2.34. The van der Waals surface area contributed by atoms with Crippen molar-refractivity contribution in [3.05, 3.63) is 35.4 Å². The van der Waals surface area contributed by atoms with E-state index in [-0.39, 0.29) is 17.7 Å². The summed E-state index contributed by atoms with van der Waals surface area (Å²) in [5, 5.41) is 0. The molecule has 3 rings (SSSR count). The first-order valence-corrected chi connectivity index (χ1v) is 8.55. The highest BCUT2D eigenvalue weighted by Gasteiger charge is 2.39. The lowest BCUT2D eigenvalue weighted by molar-refractivity contribution is -0.136. The van der Waals surface area contributed by atoms with Gasteiger partial charge >= 0.3 is 0 Å². The Hall–Kier alpha value is -1.84. The summed E-state index contributed by atoms with van der Waals surface area (Å²) in [5.74, 6) is 0.699. The molecule has 1 aromatic carbocycles. The van der Waals surface area contributed by atoms with Gasteiger partial charge in [0, 0.05) is 32.6 Å². The Bertz CT molecular complexity index is 592. The van der Waals surface area contributed by atoms with Crippen LogP contribution in [0.4, 0.5) is 0 Å². The van der Waals surface area contributed by atoms with Crippen LogP contribution in [0.5, 0.6) is 0 Å².